The van der Waals surface area contributed by atoms with E-state index < -0.39 is 5.41 Å². The van der Waals surface area contributed by atoms with Crippen LogP contribution in [0.2, 0.25) is 0 Å². The van der Waals surface area contributed by atoms with Crippen molar-refractivity contribution in [3.63, 3.8) is 0 Å². The molecule has 0 amide bonds. The van der Waals surface area contributed by atoms with Crippen molar-refractivity contribution in [2.45, 2.75) is 28.0 Å². The molecule has 64 heavy (non-hydrogen) atoms. The monoisotopic (exact) mass is 830 g/mol. The molecule has 0 bridgehead atoms. The summed E-state index contributed by atoms with van der Waals surface area (Å²) in [6, 6.07) is 86.4. The lowest BCUT2D eigenvalue weighted by Crippen LogP contribution is -2.37. The molecule has 1 aliphatic heterocycles. The van der Waals surface area contributed by atoms with E-state index in [0.29, 0.717) is 0 Å². The molecule has 0 nitrogen and oxygen atoms in total. The van der Waals surface area contributed by atoms with Gasteiger partial charge in [-0.05, 0) is 122 Å². The predicted molar refractivity (Wildman–Crippen MR) is 274 cm³/mol. The summed E-state index contributed by atoms with van der Waals surface area (Å²) >= 11 is 2.00. The Kier molecular flexibility index (Phi) is 8.61. The van der Waals surface area contributed by atoms with E-state index in [0.717, 1.165) is 12.8 Å². The first kappa shape index (κ1) is 37.1. The SMILES string of the molecule is c1ccc(CC2(Cc3ccc(-c4c(-c5ccccc5)c5ccccc5c5ccccc45)cc3)c3c(c4ccccc4c4ccccc34)Sc3c2c2ccccc2c2ccccc32)cc1. The third-order valence-corrected chi connectivity index (χ3v) is 15.3. The maximum Gasteiger partial charge on any atom is 0.0318 e. The van der Waals surface area contributed by atoms with Crippen LogP contribution in [0, 0.1) is 0 Å². The Labute approximate surface area is 377 Å². The minimum atomic E-state index is -0.434. The molecule has 1 heterocycles. The molecule has 0 radical (unpaired) electrons. The van der Waals surface area contributed by atoms with Gasteiger partial charge in [0.1, 0.15) is 0 Å². The zero-order valence-electron chi connectivity index (χ0n) is 35.3. The lowest BCUT2D eigenvalue weighted by atomic mass is 9.63. The second-order valence-corrected chi connectivity index (χ2v) is 18.5. The lowest BCUT2D eigenvalue weighted by Gasteiger charge is -2.44. The van der Waals surface area contributed by atoms with Gasteiger partial charge in [0.05, 0.1) is 0 Å². The summed E-state index contributed by atoms with van der Waals surface area (Å²) in [5.41, 5.74) is 10.1. The molecule has 12 aromatic rings. The van der Waals surface area contributed by atoms with Crippen LogP contribution in [0.3, 0.4) is 0 Å². The zero-order valence-corrected chi connectivity index (χ0v) is 36.1. The van der Waals surface area contributed by atoms with E-state index in [9.17, 15) is 0 Å². The Morgan fingerprint density at radius 2 is 0.547 bits per heavy atom. The topological polar surface area (TPSA) is 0 Å². The molecule has 0 atom stereocenters. The van der Waals surface area contributed by atoms with Crippen LogP contribution in [0.4, 0.5) is 0 Å². The van der Waals surface area contributed by atoms with E-state index in [1.807, 2.05) is 11.8 Å². The Bertz CT molecular complexity index is 3670. The average molecular weight is 831 g/mol. The molecule has 1 aliphatic rings. The summed E-state index contributed by atoms with van der Waals surface area (Å²) in [4.78, 5) is 2.76. The molecular formula is C63H42S. The number of hydrogen-bond acceptors (Lipinski definition) is 1. The number of benzene rings is 12. The summed E-state index contributed by atoms with van der Waals surface area (Å²) in [6.07, 6.45) is 1.69. The molecule has 0 aromatic heterocycles. The largest absolute Gasteiger partial charge is 0.0881 e. The molecule has 0 saturated carbocycles. The van der Waals surface area contributed by atoms with Crippen molar-refractivity contribution in [1.82, 2.24) is 0 Å². The van der Waals surface area contributed by atoms with Crippen LogP contribution in [0.5, 0.6) is 0 Å². The highest BCUT2D eigenvalue weighted by atomic mass is 32.2. The molecule has 12 aromatic carbocycles. The summed E-state index contributed by atoms with van der Waals surface area (Å²) in [6.45, 7) is 0. The molecule has 0 unspecified atom stereocenters. The minimum Gasteiger partial charge on any atom is -0.0881 e. The zero-order chi connectivity index (χ0) is 42.2. The van der Waals surface area contributed by atoms with Gasteiger partial charge in [-0.1, -0.05) is 242 Å². The van der Waals surface area contributed by atoms with Gasteiger partial charge in [-0.25, -0.2) is 0 Å². The first-order chi connectivity index (χ1) is 31.7. The van der Waals surface area contributed by atoms with E-state index in [4.69, 9.17) is 0 Å². The fourth-order valence-electron chi connectivity index (χ4n) is 11.5. The fourth-order valence-corrected chi connectivity index (χ4v) is 13.0. The lowest BCUT2D eigenvalue weighted by molar-refractivity contribution is 0.496. The maximum absolute atomic E-state index is 2.44. The minimum absolute atomic E-state index is 0.434. The molecule has 0 spiro atoms. The normalized spacial score (nSPS) is 13.2. The molecule has 13 rings (SSSR count). The van der Waals surface area contributed by atoms with Gasteiger partial charge >= 0.3 is 0 Å². The smallest absolute Gasteiger partial charge is 0.0318 e. The van der Waals surface area contributed by atoms with Gasteiger partial charge < -0.3 is 0 Å². The van der Waals surface area contributed by atoms with Crippen LogP contribution in [-0.4, -0.2) is 0 Å². The van der Waals surface area contributed by atoms with Gasteiger partial charge in [-0.3, -0.25) is 0 Å². The fraction of sp³-hybridized carbons (Fsp3) is 0.0476. The summed E-state index contributed by atoms with van der Waals surface area (Å²) < 4.78 is 0. The molecule has 0 fully saturated rings. The third-order valence-electron chi connectivity index (χ3n) is 14.0. The van der Waals surface area contributed by atoms with Crippen LogP contribution < -0.4 is 0 Å². The molecule has 0 aliphatic carbocycles. The van der Waals surface area contributed by atoms with Gasteiger partial charge in [0, 0.05) is 15.2 Å². The van der Waals surface area contributed by atoms with Gasteiger partial charge in [-0.2, -0.15) is 0 Å². The third kappa shape index (κ3) is 5.64. The molecule has 1 heteroatoms. The van der Waals surface area contributed by atoms with Crippen LogP contribution in [-0.2, 0) is 18.3 Å². The van der Waals surface area contributed by atoms with Crippen molar-refractivity contribution in [2.24, 2.45) is 0 Å². The number of hydrogen-bond donors (Lipinski definition) is 0. The molecule has 300 valence electrons. The Hall–Kier alpha value is -7.45. The van der Waals surface area contributed by atoms with Gasteiger partial charge in [0.15, 0.2) is 0 Å². The summed E-state index contributed by atoms with van der Waals surface area (Å²) in [5.74, 6) is 0. The van der Waals surface area contributed by atoms with E-state index in [1.54, 1.807) is 0 Å². The predicted octanol–water partition coefficient (Wildman–Crippen LogP) is 17.2. The quantitative estimate of drug-likeness (QED) is 0.150. The Morgan fingerprint density at radius 1 is 0.250 bits per heavy atom. The summed E-state index contributed by atoms with van der Waals surface area (Å²) in [7, 11) is 0. The van der Waals surface area contributed by atoms with E-state index in [2.05, 4.69) is 231 Å². The first-order valence-corrected chi connectivity index (χ1v) is 23.2. The van der Waals surface area contributed by atoms with Crippen molar-refractivity contribution < 1.29 is 0 Å². The number of rotatable bonds is 6. The van der Waals surface area contributed by atoms with Crippen LogP contribution in [0.15, 0.2) is 240 Å². The molecule has 0 N–H and O–H groups in total. The van der Waals surface area contributed by atoms with E-state index in [-0.39, 0.29) is 0 Å². The molecule has 0 saturated heterocycles. The van der Waals surface area contributed by atoms with Crippen molar-refractivity contribution in [2.75, 3.05) is 0 Å². The van der Waals surface area contributed by atoms with E-state index >= 15 is 0 Å². The van der Waals surface area contributed by atoms with Crippen molar-refractivity contribution >= 4 is 76.4 Å². The number of fused-ring (bicyclic) bond motifs is 15. The average Bonchev–Trinajstić information content (AvgIpc) is 3.37. The van der Waals surface area contributed by atoms with Gasteiger partial charge in [0.25, 0.3) is 0 Å². The highest BCUT2D eigenvalue weighted by Crippen LogP contribution is 2.60. The van der Waals surface area contributed by atoms with Crippen molar-refractivity contribution in [1.29, 1.82) is 0 Å². The standard InChI is InChI=1S/C63H42S/c1-3-19-41(20-4-1)39-63(40-42-35-37-44(38-36-42)58-52-30-14-8-24-46(52)45-23-7-13-29-51(45)57(58)43-21-5-2-6-22-43)59-53-31-15-9-25-47(53)49-27-11-17-33-55(49)61(59)64-62-56-34-18-12-28-50(56)48-26-10-16-32-54(48)60(62)63/h1-38H,39-40H2. The van der Waals surface area contributed by atoms with Crippen molar-refractivity contribution in [3.8, 4) is 22.3 Å². The van der Waals surface area contributed by atoms with Crippen molar-refractivity contribution in [3.05, 3.63) is 253 Å². The second kappa shape index (κ2) is 14.8. The summed E-state index contributed by atoms with van der Waals surface area (Å²) in [5, 5.41) is 15.7. The highest BCUT2D eigenvalue weighted by molar-refractivity contribution is 8.00. The second-order valence-electron chi connectivity index (χ2n) is 17.5. The van der Waals surface area contributed by atoms with Gasteiger partial charge in [-0.15, -0.1) is 0 Å². The van der Waals surface area contributed by atoms with Crippen LogP contribution >= 0.6 is 11.8 Å². The maximum atomic E-state index is 2.44. The first-order valence-electron chi connectivity index (χ1n) is 22.4. The van der Waals surface area contributed by atoms with Crippen LogP contribution in [0.1, 0.15) is 22.3 Å². The highest BCUT2D eigenvalue weighted by Gasteiger charge is 2.45. The van der Waals surface area contributed by atoms with E-state index in [1.165, 1.54) is 119 Å². The molecular weight excluding hydrogens is 789 g/mol. The van der Waals surface area contributed by atoms with Crippen LogP contribution in [0.25, 0.3) is 86.9 Å². The Morgan fingerprint density at radius 3 is 0.984 bits per heavy atom. The Balaban J connectivity index is 1.11. The van der Waals surface area contributed by atoms with Gasteiger partial charge in [0.2, 0.25) is 0 Å².